The molecule has 0 unspecified atom stereocenters. The molecule has 0 saturated heterocycles. The fraction of sp³-hybridized carbons (Fsp3) is 0.444. The number of nitrogens with one attached hydrogen (secondary N) is 1. The van der Waals surface area contributed by atoms with Crippen molar-refractivity contribution in [2.75, 3.05) is 6.54 Å². The van der Waals surface area contributed by atoms with Gasteiger partial charge in [0.25, 0.3) is 5.91 Å². The summed E-state index contributed by atoms with van der Waals surface area (Å²) >= 11 is 0. The zero-order valence-corrected chi connectivity index (χ0v) is 13.3. The van der Waals surface area contributed by atoms with Crippen LogP contribution in [0.2, 0.25) is 0 Å². The number of hydrogen-bond donors (Lipinski definition) is 1. The zero-order valence-electron chi connectivity index (χ0n) is 13.3. The van der Waals surface area contributed by atoms with Crippen LogP contribution in [0.1, 0.15) is 46.6 Å². The average Bonchev–Trinajstić information content (AvgIpc) is 2.75. The third-order valence-corrected chi connectivity index (χ3v) is 4.40. The summed E-state index contributed by atoms with van der Waals surface area (Å²) in [5, 5.41) is 7.52. The standard InChI is InChI=1S/C18H23N3O/c1-13-9-14(2)21(20-13)12-16-7-4-8-17(10-16)18(22)19-11-15-5-3-6-15/h4,7-10,15H,3,5-6,11-12H2,1-2H3,(H,19,22). The molecular weight excluding hydrogens is 274 g/mol. The van der Waals surface area contributed by atoms with Gasteiger partial charge in [0.05, 0.1) is 12.2 Å². The van der Waals surface area contributed by atoms with Gasteiger partial charge in [-0.05, 0) is 56.4 Å². The molecule has 1 aromatic carbocycles. The zero-order chi connectivity index (χ0) is 15.5. The first kappa shape index (κ1) is 14.8. The van der Waals surface area contributed by atoms with Gasteiger partial charge >= 0.3 is 0 Å². The highest BCUT2D eigenvalue weighted by atomic mass is 16.1. The molecule has 22 heavy (non-hydrogen) atoms. The molecule has 3 rings (SSSR count). The summed E-state index contributed by atoms with van der Waals surface area (Å²) in [6, 6.07) is 9.89. The van der Waals surface area contributed by atoms with Gasteiger partial charge in [-0.1, -0.05) is 18.6 Å². The van der Waals surface area contributed by atoms with Crippen molar-refractivity contribution in [3.05, 3.63) is 52.8 Å². The maximum absolute atomic E-state index is 12.2. The molecule has 1 heterocycles. The molecule has 2 aromatic rings. The van der Waals surface area contributed by atoms with E-state index in [4.69, 9.17) is 0 Å². The van der Waals surface area contributed by atoms with Gasteiger partial charge in [0, 0.05) is 17.8 Å². The minimum atomic E-state index is 0.0297. The average molecular weight is 297 g/mol. The lowest BCUT2D eigenvalue weighted by molar-refractivity contribution is 0.0939. The first-order valence-electron chi connectivity index (χ1n) is 8.00. The van der Waals surface area contributed by atoms with Gasteiger partial charge in [-0.15, -0.1) is 0 Å². The number of amides is 1. The molecule has 0 radical (unpaired) electrons. The fourth-order valence-corrected chi connectivity index (χ4v) is 2.85. The predicted molar refractivity (Wildman–Crippen MR) is 86.9 cm³/mol. The third kappa shape index (κ3) is 3.38. The van der Waals surface area contributed by atoms with E-state index in [1.807, 2.05) is 35.9 Å². The van der Waals surface area contributed by atoms with Gasteiger partial charge in [-0.3, -0.25) is 9.48 Å². The first-order valence-corrected chi connectivity index (χ1v) is 8.00. The topological polar surface area (TPSA) is 46.9 Å². The summed E-state index contributed by atoms with van der Waals surface area (Å²) in [4.78, 5) is 12.2. The second-order valence-electron chi connectivity index (χ2n) is 6.29. The van der Waals surface area contributed by atoms with Crippen LogP contribution in [0.25, 0.3) is 0 Å². The lowest BCUT2D eigenvalue weighted by Crippen LogP contribution is -2.32. The Labute approximate surface area is 131 Å². The number of carbonyl (C=O) groups is 1. The maximum atomic E-state index is 12.2. The van der Waals surface area contributed by atoms with Crippen molar-refractivity contribution in [1.29, 1.82) is 0 Å². The van der Waals surface area contributed by atoms with E-state index in [0.29, 0.717) is 12.5 Å². The van der Waals surface area contributed by atoms with Crippen LogP contribution in [0.5, 0.6) is 0 Å². The van der Waals surface area contributed by atoms with E-state index in [2.05, 4.69) is 23.4 Å². The fourth-order valence-electron chi connectivity index (χ4n) is 2.85. The van der Waals surface area contributed by atoms with Crippen molar-refractivity contribution in [1.82, 2.24) is 15.1 Å². The molecule has 1 aliphatic rings. The van der Waals surface area contributed by atoms with Crippen LogP contribution in [-0.2, 0) is 6.54 Å². The van der Waals surface area contributed by atoms with Crippen molar-refractivity contribution < 1.29 is 4.79 Å². The summed E-state index contributed by atoms with van der Waals surface area (Å²) in [7, 11) is 0. The minimum absolute atomic E-state index is 0.0297. The third-order valence-electron chi connectivity index (χ3n) is 4.40. The quantitative estimate of drug-likeness (QED) is 0.922. The highest BCUT2D eigenvalue weighted by molar-refractivity contribution is 5.94. The normalized spacial score (nSPS) is 14.6. The van der Waals surface area contributed by atoms with E-state index >= 15 is 0 Å². The number of carbonyl (C=O) groups excluding carboxylic acids is 1. The van der Waals surface area contributed by atoms with Crippen LogP contribution in [0.3, 0.4) is 0 Å². The Morgan fingerprint density at radius 2 is 2.14 bits per heavy atom. The van der Waals surface area contributed by atoms with E-state index in [-0.39, 0.29) is 5.91 Å². The maximum Gasteiger partial charge on any atom is 0.251 e. The Kier molecular flexibility index (Phi) is 4.27. The van der Waals surface area contributed by atoms with E-state index in [9.17, 15) is 4.79 Å². The smallest absolute Gasteiger partial charge is 0.251 e. The van der Waals surface area contributed by atoms with Gasteiger partial charge in [-0.25, -0.2) is 0 Å². The molecule has 116 valence electrons. The Morgan fingerprint density at radius 3 is 2.77 bits per heavy atom. The Hall–Kier alpha value is -2.10. The first-order chi connectivity index (χ1) is 10.6. The lowest BCUT2D eigenvalue weighted by Gasteiger charge is -2.25. The van der Waals surface area contributed by atoms with Gasteiger partial charge in [0.2, 0.25) is 0 Å². The largest absolute Gasteiger partial charge is 0.352 e. The number of nitrogens with zero attached hydrogens (tertiary/aromatic N) is 2. The number of aromatic nitrogens is 2. The summed E-state index contributed by atoms with van der Waals surface area (Å²) in [5.74, 6) is 0.712. The highest BCUT2D eigenvalue weighted by Crippen LogP contribution is 2.25. The summed E-state index contributed by atoms with van der Waals surface area (Å²) in [6.07, 6.45) is 3.80. The van der Waals surface area contributed by atoms with Crippen molar-refractivity contribution >= 4 is 5.91 Å². The van der Waals surface area contributed by atoms with Gasteiger partial charge in [-0.2, -0.15) is 5.10 Å². The van der Waals surface area contributed by atoms with E-state index in [0.717, 1.165) is 29.1 Å². The van der Waals surface area contributed by atoms with Crippen molar-refractivity contribution in [3.8, 4) is 0 Å². The number of rotatable bonds is 5. The van der Waals surface area contributed by atoms with E-state index in [1.165, 1.54) is 19.3 Å². The molecule has 1 fully saturated rings. The Morgan fingerprint density at radius 1 is 1.32 bits per heavy atom. The molecule has 0 bridgehead atoms. The van der Waals surface area contributed by atoms with Crippen LogP contribution < -0.4 is 5.32 Å². The molecule has 4 nitrogen and oxygen atoms in total. The second kappa shape index (κ2) is 6.34. The van der Waals surface area contributed by atoms with E-state index in [1.54, 1.807) is 0 Å². The molecule has 1 N–H and O–H groups in total. The molecule has 0 atom stereocenters. The summed E-state index contributed by atoms with van der Waals surface area (Å²) in [6.45, 7) is 5.55. The van der Waals surface area contributed by atoms with Crippen molar-refractivity contribution in [2.24, 2.45) is 5.92 Å². The van der Waals surface area contributed by atoms with Crippen LogP contribution in [0.15, 0.2) is 30.3 Å². The number of aryl methyl sites for hydroxylation is 2. The van der Waals surface area contributed by atoms with Gasteiger partial charge < -0.3 is 5.32 Å². The van der Waals surface area contributed by atoms with Crippen LogP contribution in [0.4, 0.5) is 0 Å². The predicted octanol–water partition coefficient (Wildman–Crippen LogP) is 3.08. The van der Waals surface area contributed by atoms with Crippen LogP contribution in [-0.4, -0.2) is 22.2 Å². The molecule has 1 aromatic heterocycles. The van der Waals surface area contributed by atoms with Crippen LogP contribution in [0, 0.1) is 19.8 Å². The van der Waals surface area contributed by atoms with Gasteiger partial charge in [0.1, 0.15) is 0 Å². The highest BCUT2D eigenvalue weighted by Gasteiger charge is 2.18. The Balaban J connectivity index is 1.66. The minimum Gasteiger partial charge on any atom is -0.352 e. The monoisotopic (exact) mass is 297 g/mol. The van der Waals surface area contributed by atoms with Crippen molar-refractivity contribution in [2.45, 2.75) is 39.7 Å². The molecule has 0 spiro atoms. The van der Waals surface area contributed by atoms with Crippen molar-refractivity contribution in [3.63, 3.8) is 0 Å². The lowest BCUT2D eigenvalue weighted by atomic mass is 9.85. The summed E-state index contributed by atoms with van der Waals surface area (Å²) in [5.41, 5.74) is 3.99. The van der Waals surface area contributed by atoms with Crippen LogP contribution >= 0.6 is 0 Å². The number of benzene rings is 1. The molecule has 4 heteroatoms. The molecule has 1 aliphatic carbocycles. The summed E-state index contributed by atoms with van der Waals surface area (Å²) < 4.78 is 1.97. The SMILES string of the molecule is Cc1cc(C)n(Cc2cccc(C(=O)NCC3CCC3)c2)n1. The second-order valence-corrected chi connectivity index (χ2v) is 6.29. The molecule has 1 amide bonds. The number of hydrogen-bond acceptors (Lipinski definition) is 2. The molecular formula is C18H23N3O. The molecule has 0 aliphatic heterocycles. The van der Waals surface area contributed by atoms with Gasteiger partial charge in [0.15, 0.2) is 0 Å². The molecule has 1 saturated carbocycles. The Bertz CT molecular complexity index is 671. The van der Waals surface area contributed by atoms with E-state index < -0.39 is 0 Å².